The quantitative estimate of drug-likeness (QED) is 0.811. The lowest BCUT2D eigenvalue weighted by atomic mass is 10.1. The molecule has 7 nitrogen and oxygen atoms in total. The maximum Gasteiger partial charge on any atom is 0.323 e. The van der Waals surface area contributed by atoms with Crippen molar-refractivity contribution in [3.8, 4) is 6.19 Å². The monoisotopic (exact) mass is 368 g/mol. The van der Waals surface area contributed by atoms with E-state index in [9.17, 15) is 9.18 Å². The minimum Gasteiger partial charge on any atom is -0.308 e. The van der Waals surface area contributed by atoms with E-state index >= 15 is 0 Å². The molecular weight excluding hydrogens is 347 g/mol. The summed E-state index contributed by atoms with van der Waals surface area (Å²) in [5, 5.41) is 14.1. The molecular formula is C19H21FN6O. The lowest BCUT2D eigenvalue weighted by Gasteiger charge is -2.31. The highest BCUT2D eigenvalue weighted by Crippen LogP contribution is 2.20. The van der Waals surface area contributed by atoms with E-state index in [1.807, 2.05) is 6.92 Å². The highest BCUT2D eigenvalue weighted by molar-refractivity contribution is 5.99. The first-order chi connectivity index (χ1) is 13.0. The number of nitrogens with one attached hydrogen (secondary N) is 2. The van der Waals surface area contributed by atoms with Crippen molar-refractivity contribution in [1.82, 2.24) is 14.8 Å². The molecule has 3 rings (SSSR count). The van der Waals surface area contributed by atoms with Gasteiger partial charge < -0.3 is 15.5 Å². The number of halogens is 1. The van der Waals surface area contributed by atoms with Gasteiger partial charge in [-0.1, -0.05) is 12.1 Å². The number of hydrogen-bond donors (Lipinski definition) is 2. The van der Waals surface area contributed by atoms with Crippen LogP contribution in [0, 0.1) is 24.2 Å². The third-order valence-corrected chi connectivity index (χ3v) is 4.40. The summed E-state index contributed by atoms with van der Waals surface area (Å²) in [5.41, 5.74) is 2.01. The van der Waals surface area contributed by atoms with Gasteiger partial charge in [-0.2, -0.15) is 5.26 Å². The molecule has 0 atom stereocenters. The van der Waals surface area contributed by atoms with Crippen LogP contribution >= 0.6 is 0 Å². The minimum absolute atomic E-state index is 0.126. The molecule has 1 fully saturated rings. The zero-order chi connectivity index (χ0) is 19.2. The summed E-state index contributed by atoms with van der Waals surface area (Å²) in [6.45, 7) is 4.97. The molecule has 0 unspecified atom stereocenters. The highest BCUT2D eigenvalue weighted by Gasteiger charge is 2.18. The SMILES string of the molecule is Cc1ccc(NC(=O)Nc2cccc(CN3CCN(C#N)CC3)c2F)cn1. The molecule has 2 aromatic rings. The predicted octanol–water partition coefficient (Wildman–Crippen LogP) is 2.77. The zero-order valence-electron chi connectivity index (χ0n) is 15.1. The summed E-state index contributed by atoms with van der Waals surface area (Å²) in [4.78, 5) is 20.0. The molecule has 1 aliphatic heterocycles. The molecule has 140 valence electrons. The van der Waals surface area contributed by atoms with Gasteiger partial charge in [-0.25, -0.2) is 9.18 Å². The summed E-state index contributed by atoms with van der Waals surface area (Å²) in [6.07, 6.45) is 3.67. The fourth-order valence-electron chi connectivity index (χ4n) is 2.87. The van der Waals surface area contributed by atoms with Crippen LogP contribution in [0.1, 0.15) is 11.3 Å². The molecule has 2 amide bonds. The maximum absolute atomic E-state index is 14.8. The van der Waals surface area contributed by atoms with Gasteiger partial charge in [-0.15, -0.1) is 0 Å². The Hall–Kier alpha value is -3.18. The summed E-state index contributed by atoms with van der Waals surface area (Å²) in [7, 11) is 0. The first kappa shape index (κ1) is 18.6. The Morgan fingerprint density at radius 3 is 2.67 bits per heavy atom. The number of aryl methyl sites for hydroxylation is 1. The van der Waals surface area contributed by atoms with Crippen LogP contribution in [0.15, 0.2) is 36.5 Å². The van der Waals surface area contributed by atoms with Crippen LogP contribution in [0.2, 0.25) is 0 Å². The molecule has 2 heterocycles. The average molecular weight is 368 g/mol. The van der Waals surface area contributed by atoms with E-state index in [4.69, 9.17) is 5.26 Å². The van der Waals surface area contributed by atoms with Crippen LogP contribution in [0.5, 0.6) is 0 Å². The molecule has 2 N–H and O–H groups in total. The summed E-state index contributed by atoms with van der Waals surface area (Å²) in [6, 6.07) is 7.93. The molecule has 0 radical (unpaired) electrons. The average Bonchev–Trinajstić information content (AvgIpc) is 2.67. The molecule has 1 aromatic heterocycles. The van der Waals surface area contributed by atoms with Gasteiger partial charge in [0.2, 0.25) is 0 Å². The number of amides is 2. The van der Waals surface area contributed by atoms with Crippen LogP contribution in [-0.4, -0.2) is 47.0 Å². The standard InChI is InChI=1S/C19H21FN6O/c1-14-5-6-16(11-22-14)23-19(27)24-17-4-2-3-15(18(17)20)12-25-7-9-26(13-21)10-8-25/h2-6,11H,7-10,12H2,1H3,(H2,23,24,27). The van der Waals surface area contributed by atoms with Gasteiger partial charge in [0, 0.05) is 44.0 Å². The third-order valence-electron chi connectivity index (χ3n) is 4.40. The Morgan fingerprint density at radius 2 is 2.00 bits per heavy atom. The summed E-state index contributed by atoms with van der Waals surface area (Å²) < 4.78 is 14.8. The third kappa shape index (κ3) is 4.92. The van der Waals surface area contributed by atoms with Gasteiger partial charge >= 0.3 is 6.03 Å². The van der Waals surface area contributed by atoms with E-state index in [1.165, 1.54) is 6.07 Å². The number of hydrogen-bond acceptors (Lipinski definition) is 5. The minimum atomic E-state index is -0.528. The van der Waals surface area contributed by atoms with Gasteiger partial charge in [0.05, 0.1) is 17.6 Å². The van der Waals surface area contributed by atoms with Crippen LogP contribution < -0.4 is 10.6 Å². The second-order valence-electron chi connectivity index (χ2n) is 6.41. The number of carbonyl (C=O) groups excluding carboxylic acids is 1. The topological polar surface area (TPSA) is 84.3 Å². The zero-order valence-corrected chi connectivity index (χ0v) is 15.1. The van der Waals surface area contributed by atoms with Crippen molar-refractivity contribution >= 4 is 17.4 Å². The number of rotatable bonds is 4. The summed E-state index contributed by atoms with van der Waals surface area (Å²) in [5.74, 6) is -0.447. The van der Waals surface area contributed by atoms with E-state index < -0.39 is 11.8 Å². The van der Waals surface area contributed by atoms with Crippen molar-refractivity contribution < 1.29 is 9.18 Å². The molecule has 1 aliphatic rings. The number of nitriles is 1. The predicted molar refractivity (Wildman–Crippen MR) is 100 cm³/mol. The van der Waals surface area contributed by atoms with Crippen molar-refractivity contribution in [3.05, 3.63) is 53.6 Å². The largest absolute Gasteiger partial charge is 0.323 e. The number of piperazine rings is 1. The number of anilines is 2. The van der Waals surface area contributed by atoms with E-state index in [0.717, 1.165) is 5.69 Å². The molecule has 0 saturated carbocycles. The number of nitrogens with zero attached hydrogens (tertiary/aromatic N) is 4. The Bertz CT molecular complexity index is 840. The van der Waals surface area contributed by atoms with Crippen LogP contribution in [0.4, 0.5) is 20.6 Å². The smallest absolute Gasteiger partial charge is 0.308 e. The number of carbonyl (C=O) groups is 1. The van der Waals surface area contributed by atoms with Crippen molar-refractivity contribution in [3.63, 3.8) is 0 Å². The molecule has 8 heteroatoms. The van der Waals surface area contributed by atoms with Crippen LogP contribution in [0.25, 0.3) is 0 Å². The lowest BCUT2D eigenvalue weighted by Crippen LogP contribution is -2.43. The van der Waals surface area contributed by atoms with E-state index in [2.05, 4.69) is 26.7 Å². The van der Waals surface area contributed by atoms with Crippen LogP contribution in [0.3, 0.4) is 0 Å². The molecule has 0 bridgehead atoms. The first-order valence-electron chi connectivity index (χ1n) is 8.70. The van der Waals surface area contributed by atoms with Gasteiger partial charge in [-0.3, -0.25) is 9.88 Å². The van der Waals surface area contributed by atoms with Gasteiger partial charge in [-0.05, 0) is 25.1 Å². The second kappa shape index (κ2) is 8.47. The number of benzene rings is 1. The van der Waals surface area contributed by atoms with Gasteiger partial charge in [0.15, 0.2) is 12.0 Å². The van der Waals surface area contributed by atoms with Gasteiger partial charge in [0.1, 0.15) is 0 Å². The second-order valence-corrected chi connectivity index (χ2v) is 6.41. The fourth-order valence-corrected chi connectivity index (χ4v) is 2.87. The normalized spacial score (nSPS) is 14.5. The summed E-state index contributed by atoms with van der Waals surface area (Å²) >= 11 is 0. The molecule has 1 saturated heterocycles. The Kier molecular flexibility index (Phi) is 5.84. The molecule has 1 aromatic carbocycles. The molecule has 0 spiro atoms. The first-order valence-corrected chi connectivity index (χ1v) is 8.70. The van der Waals surface area contributed by atoms with Crippen molar-refractivity contribution in [2.45, 2.75) is 13.5 Å². The number of pyridine rings is 1. The van der Waals surface area contributed by atoms with Crippen molar-refractivity contribution in [2.24, 2.45) is 0 Å². The van der Waals surface area contributed by atoms with E-state index in [0.29, 0.717) is 44.0 Å². The Balaban J connectivity index is 1.61. The Labute approximate surface area is 157 Å². The lowest BCUT2D eigenvalue weighted by molar-refractivity contribution is 0.166. The molecule has 27 heavy (non-hydrogen) atoms. The number of urea groups is 1. The number of aromatic nitrogens is 1. The van der Waals surface area contributed by atoms with E-state index in [1.54, 1.807) is 35.4 Å². The Morgan fingerprint density at radius 1 is 1.22 bits per heavy atom. The highest BCUT2D eigenvalue weighted by atomic mass is 19.1. The van der Waals surface area contributed by atoms with Crippen molar-refractivity contribution in [2.75, 3.05) is 36.8 Å². The van der Waals surface area contributed by atoms with E-state index in [-0.39, 0.29) is 5.69 Å². The molecule has 0 aliphatic carbocycles. The van der Waals surface area contributed by atoms with Gasteiger partial charge in [0.25, 0.3) is 0 Å². The fraction of sp³-hybridized carbons (Fsp3) is 0.316. The van der Waals surface area contributed by atoms with Crippen LogP contribution in [-0.2, 0) is 6.54 Å². The van der Waals surface area contributed by atoms with Crippen molar-refractivity contribution in [1.29, 1.82) is 5.26 Å². The maximum atomic E-state index is 14.8.